The number of fused-ring (bicyclic) bond motifs is 2. The van der Waals surface area contributed by atoms with Crippen molar-refractivity contribution in [3.05, 3.63) is 96.1 Å². The number of esters is 1. The van der Waals surface area contributed by atoms with Crippen molar-refractivity contribution in [1.29, 1.82) is 0 Å². The normalized spacial score (nSPS) is 32.2. The summed E-state index contributed by atoms with van der Waals surface area (Å²) in [6, 6.07) is 15.8. The van der Waals surface area contributed by atoms with E-state index >= 15 is 0 Å². The second kappa shape index (κ2) is 13.8. The molecule has 1 spiro atoms. The Hall–Kier alpha value is -4.28. The molecule has 4 heterocycles. The highest BCUT2D eigenvalue weighted by molar-refractivity contribution is 5.99. The Morgan fingerprint density at radius 3 is 2.43 bits per heavy atom. The van der Waals surface area contributed by atoms with Gasteiger partial charge in [-0.05, 0) is 30.9 Å². The first-order chi connectivity index (χ1) is 22.8. The van der Waals surface area contributed by atoms with Crippen LogP contribution in [-0.4, -0.2) is 82.1 Å². The van der Waals surface area contributed by atoms with E-state index in [1.165, 1.54) is 4.90 Å². The largest absolute Gasteiger partial charge is 0.455 e. The first kappa shape index (κ1) is 32.7. The molecule has 2 aromatic rings. The zero-order chi connectivity index (χ0) is 33.1. The Labute approximate surface area is 275 Å². The van der Waals surface area contributed by atoms with Gasteiger partial charge in [0.25, 0.3) is 0 Å². The average molecular weight is 642 g/mol. The van der Waals surface area contributed by atoms with Crippen molar-refractivity contribution in [2.24, 2.45) is 11.8 Å². The number of nitrogens with zero attached hydrogens (tertiary/aromatic N) is 2. The lowest BCUT2D eigenvalue weighted by Crippen LogP contribution is -2.56. The molecule has 0 aliphatic carbocycles. The molecule has 8 atom stereocenters. The Kier molecular flexibility index (Phi) is 9.61. The molecule has 0 bridgehead atoms. The number of benzene rings is 2. The fourth-order valence-corrected chi connectivity index (χ4v) is 7.61. The highest BCUT2D eigenvalue weighted by Crippen LogP contribution is 2.55. The molecule has 0 radical (unpaired) electrons. The number of nitrogens with one attached hydrogen (secondary N) is 1. The van der Waals surface area contributed by atoms with Crippen LogP contribution in [0.15, 0.2) is 85.0 Å². The molecule has 2 N–H and O–H groups in total. The van der Waals surface area contributed by atoms with Gasteiger partial charge >= 0.3 is 5.97 Å². The molecule has 2 saturated heterocycles. The monoisotopic (exact) mass is 641 g/mol. The van der Waals surface area contributed by atoms with E-state index in [4.69, 9.17) is 9.47 Å². The smallest absolute Gasteiger partial charge is 0.313 e. The molecule has 6 rings (SSSR count). The number of cyclic esters (lactones) is 1. The molecule has 3 amide bonds. The van der Waals surface area contributed by atoms with Crippen molar-refractivity contribution in [1.82, 2.24) is 15.1 Å². The van der Waals surface area contributed by atoms with Gasteiger partial charge in [0, 0.05) is 19.5 Å². The standard InChI is InChI=1S/C37H43N3O7/c1-3-4-21-39-22-13-20-37-31(34(43)40(33(37)35(39)44)27(23-41)25-14-7-5-8-15-25)30-28(47-37)18-11-12-19-29(42)38-24(2)32(46-36(30)45)26-16-9-6-10-17-26/h5-11,13-18,20,24,27-28,30-33,41H,3-4,12,19,21-23H2,1-2H3,(H,38,42)/b18-11-/t24-,27-,28-,30+,31+,32+,33-,37+/m1/s1. The van der Waals surface area contributed by atoms with E-state index < -0.39 is 66.3 Å². The van der Waals surface area contributed by atoms with Crippen molar-refractivity contribution in [3.63, 3.8) is 0 Å². The van der Waals surface area contributed by atoms with Gasteiger partial charge < -0.3 is 29.7 Å². The van der Waals surface area contributed by atoms with Crippen molar-refractivity contribution >= 4 is 23.7 Å². The van der Waals surface area contributed by atoms with Crippen LogP contribution >= 0.6 is 0 Å². The predicted molar refractivity (Wildman–Crippen MR) is 173 cm³/mol. The molecular weight excluding hydrogens is 598 g/mol. The molecule has 248 valence electrons. The summed E-state index contributed by atoms with van der Waals surface area (Å²) < 4.78 is 13.1. The number of aliphatic hydroxyl groups is 1. The van der Waals surface area contributed by atoms with Gasteiger partial charge in [0.05, 0.1) is 30.7 Å². The lowest BCUT2D eigenvalue weighted by molar-refractivity contribution is -0.162. The molecule has 2 aromatic carbocycles. The maximum atomic E-state index is 14.9. The number of rotatable bonds is 7. The summed E-state index contributed by atoms with van der Waals surface area (Å²) in [7, 11) is 0. The van der Waals surface area contributed by atoms with Gasteiger partial charge in [0.1, 0.15) is 23.7 Å². The Morgan fingerprint density at radius 2 is 1.72 bits per heavy atom. The summed E-state index contributed by atoms with van der Waals surface area (Å²) >= 11 is 0. The second-order valence-corrected chi connectivity index (χ2v) is 12.8. The van der Waals surface area contributed by atoms with Crippen LogP contribution in [0.4, 0.5) is 0 Å². The molecular formula is C37H43N3O7. The van der Waals surface area contributed by atoms with Crippen LogP contribution in [0.5, 0.6) is 0 Å². The van der Waals surface area contributed by atoms with Crippen LogP contribution < -0.4 is 5.32 Å². The van der Waals surface area contributed by atoms with Gasteiger partial charge in [-0.25, -0.2) is 0 Å². The minimum Gasteiger partial charge on any atom is -0.455 e. The number of aliphatic hydroxyl groups excluding tert-OH is 1. The topological polar surface area (TPSA) is 125 Å². The third kappa shape index (κ3) is 6.00. The summed E-state index contributed by atoms with van der Waals surface area (Å²) in [6.07, 6.45) is 7.72. The van der Waals surface area contributed by atoms with Crippen LogP contribution in [0, 0.1) is 11.8 Å². The van der Waals surface area contributed by atoms with Crippen molar-refractivity contribution < 1.29 is 33.8 Å². The van der Waals surface area contributed by atoms with Crippen molar-refractivity contribution in [3.8, 4) is 0 Å². The molecule has 47 heavy (non-hydrogen) atoms. The van der Waals surface area contributed by atoms with Gasteiger partial charge in [-0.3, -0.25) is 19.2 Å². The van der Waals surface area contributed by atoms with Crippen molar-refractivity contribution in [2.75, 3.05) is 19.7 Å². The number of likely N-dealkylation sites (tertiary alicyclic amines) is 1. The van der Waals surface area contributed by atoms with E-state index in [0.717, 1.165) is 12.8 Å². The molecule has 0 saturated carbocycles. The molecule has 0 aromatic heterocycles. The van der Waals surface area contributed by atoms with Crippen LogP contribution in [0.2, 0.25) is 0 Å². The Morgan fingerprint density at radius 1 is 1.00 bits per heavy atom. The molecule has 4 aliphatic heterocycles. The quantitative estimate of drug-likeness (QED) is 0.350. The summed E-state index contributed by atoms with van der Waals surface area (Å²) in [4.78, 5) is 59.9. The van der Waals surface area contributed by atoms with Crippen LogP contribution in [0.25, 0.3) is 0 Å². The molecule has 0 unspecified atom stereocenters. The van der Waals surface area contributed by atoms with E-state index in [-0.39, 0.29) is 18.2 Å². The highest BCUT2D eigenvalue weighted by atomic mass is 16.6. The van der Waals surface area contributed by atoms with Crippen LogP contribution in [-0.2, 0) is 28.7 Å². The summed E-state index contributed by atoms with van der Waals surface area (Å²) in [5.74, 6) is -3.74. The number of unbranched alkanes of at least 4 members (excludes halogenated alkanes) is 1. The van der Waals surface area contributed by atoms with Gasteiger partial charge in [-0.15, -0.1) is 0 Å². The lowest BCUT2D eigenvalue weighted by atomic mass is 9.77. The molecule has 10 heteroatoms. The number of ether oxygens (including phenoxy) is 2. The second-order valence-electron chi connectivity index (χ2n) is 12.8. The van der Waals surface area contributed by atoms with Crippen LogP contribution in [0.3, 0.4) is 0 Å². The minimum absolute atomic E-state index is 0.176. The maximum Gasteiger partial charge on any atom is 0.313 e. The average Bonchev–Trinajstić information content (AvgIpc) is 3.47. The number of hydrogen-bond acceptors (Lipinski definition) is 7. The lowest BCUT2D eigenvalue weighted by Gasteiger charge is -2.38. The number of carbonyl (C=O) groups is 4. The summed E-state index contributed by atoms with van der Waals surface area (Å²) in [5, 5.41) is 13.7. The third-order valence-corrected chi connectivity index (χ3v) is 9.84. The SMILES string of the molecule is CCCCN1CC=C[C@]23O[C@@H]4/C=C\CCC(=O)N[C@H](C)[C@@H](c5ccccc5)OC(=O)[C@@H]4[C@H]2C(=O)N([C@H](CO)c2ccccc2)[C@@H]3C1=O. The maximum absolute atomic E-state index is 14.9. The van der Waals surface area contributed by atoms with Gasteiger partial charge in [0.2, 0.25) is 17.7 Å². The van der Waals surface area contributed by atoms with E-state index in [9.17, 15) is 24.3 Å². The number of amides is 3. The van der Waals surface area contributed by atoms with E-state index in [0.29, 0.717) is 30.6 Å². The van der Waals surface area contributed by atoms with Crippen molar-refractivity contribution in [2.45, 2.75) is 75.5 Å². The Balaban J connectivity index is 1.47. The minimum atomic E-state index is -1.49. The molecule has 2 fully saturated rings. The van der Waals surface area contributed by atoms with Gasteiger partial charge in [0.15, 0.2) is 0 Å². The molecule has 4 aliphatic rings. The highest BCUT2D eigenvalue weighted by Gasteiger charge is 2.72. The number of carbonyl (C=O) groups excluding carboxylic acids is 4. The van der Waals surface area contributed by atoms with Gasteiger partial charge in [-0.2, -0.15) is 0 Å². The van der Waals surface area contributed by atoms with E-state index in [1.807, 2.05) is 66.7 Å². The van der Waals surface area contributed by atoms with Crippen LogP contribution in [0.1, 0.15) is 62.8 Å². The Bertz CT molecular complexity index is 1530. The first-order valence-electron chi connectivity index (χ1n) is 16.6. The zero-order valence-corrected chi connectivity index (χ0v) is 26.9. The van der Waals surface area contributed by atoms with E-state index in [1.54, 1.807) is 30.1 Å². The number of hydrogen-bond donors (Lipinski definition) is 2. The fourth-order valence-electron chi connectivity index (χ4n) is 7.61. The summed E-state index contributed by atoms with van der Waals surface area (Å²) in [5.41, 5.74) is -0.117. The van der Waals surface area contributed by atoms with E-state index in [2.05, 4.69) is 12.2 Å². The predicted octanol–water partition coefficient (Wildman–Crippen LogP) is 3.64. The number of allylic oxidation sites excluding steroid dienone is 1. The summed E-state index contributed by atoms with van der Waals surface area (Å²) in [6.45, 7) is 4.25. The third-order valence-electron chi connectivity index (χ3n) is 9.84. The molecule has 10 nitrogen and oxygen atoms in total. The first-order valence-corrected chi connectivity index (χ1v) is 16.6. The zero-order valence-electron chi connectivity index (χ0n) is 26.9. The fraction of sp³-hybridized carbons (Fsp3) is 0.459. The van der Waals surface area contributed by atoms with Gasteiger partial charge in [-0.1, -0.05) is 98.3 Å².